The Morgan fingerprint density at radius 3 is 2.62 bits per heavy atom. The van der Waals surface area contributed by atoms with Gasteiger partial charge in [0.05, 0.1) is 21.5 Å². The van der Waals surface area contributed by atoms with E-state index in [0.717, 1.165) is 12.1 Å². The van der Waals surface area contributed by atoms with Gasteiger partial charge >= 0.3 is 0 Å². The predicted molar refractivity (Wildman–Crippen MR) is 104 cm³/mol. The molecule has 2 aromatic carbocycles. The summed E-state index contributed by atoms with van der Waals surface area (Å²) in [6.45, 7) is 2.10. The van der Waals surface area contributed by atoms with Crippen LogP contribution >= 0.6 is 35.0 Å². The number of nitrogens with zero attached hydrogens (tertiary/aromatic N) is 4. The smallest absolute Gasteiger partial charge is 0.234 e. The summed E-state index contributed by atoms with van der Waals surface area (Å²) < 4.78 is 1.61. The summed E-state index contributed by atoms with van der Waals surface area (Å²) in [6.07, 6.45) is 0.965. The molecule has 0 unspecified atom stereocenters. The van der Waals surface area contributed by atoms with Crippen molar-refractivity contribution in [2.24, 2.45) is 0 Å². The van der Waals surface area contributed by atoms with Crippen molar-refractivity contribution in [2.45, 2.75) is 18.5 Å². The molecule has 3 aromatic rings. The first-order valence-corrected chi connectivity index (χ1v) is 9.56. The van der Waals surface area contributed by atoms with Crippen LogP contribution in [0.5, 0.6) is 0 Å². The molecule has 0 radical (unpaired) electrons. The number of rotatable bonds is 6. The van der Waals surface area contributed by atoms with Crippen LogP contribution in [0, 0.1) is 0 Å². The minimum Gasteiger partial charge on any atom is -0.325 e. The molecule has 9 heteroatoms. The molecule has 1 N–H and O–H groups in total. The molecule has 1 heterocycles. The van der Waals surface area contributed by atoms with E-state index in [4.69, 9.17) is 23.2 Å². The van der Waals surface area contributed by atoms with Crippen molar-refractivity contribution in [1.82, 2.24) is 20.2 Å². The van der Waals surface area contributed by atoms with Gasteiger partial charge in [0.1, 0.15) is 0 Å². The Hall–Kier alpha value is -2.09. The molecule has 0 atom stereocenters. The van der Waals surface area contributed by atoms with Crippen molar-refractivity contribution >= 4 is 46.6 Å². The molecule has 0 saturated heterocycles. The molecule has 0 bridgehead atoms. The molecular weight excluding hydrogens is 393 g/mol. The summed E-state index contributed by atoms with van der Waals surface area (Å²) in [7, 11) is 0. The number of hydrogen-bond acceptors (Lipinski definition) is 5. The number of aromatic nitrogens is 4. The van der Waals surface area contributed by atoms with E-state index in [1.165, 1.54) is 17.3 Å². The molecule has 0 aliphatic rings. The maximum Gasteiger partial charge on any atom is 0.234 e. The van der Waals surface area contributed by atoms with E-state index < -0.39 is 0 Å². The van der Waals surface area contributed by atoms with Gasteiger partial charge < -0.3 is 5.32 Å². The standard InChI is InChI=1S/C17H15Cl2N5OS/c1-2-11-3-6-13(7-4-11)24-17(21-22-23-24)26-10-16(25)20-12-5-8-14(18)15(19)9-12/h3-9H,2,10H2,1H3,(H,20,25). The van der Waals surface area contributed by atoms with Crippen molar-refractivity contribution in [1.29, 1.82) is 0 Å². The average molecular weight is 408 g/mol. The quantitative estimate of drug-likeness (QED) is 0.617. The summed E-state index contributed by atoms with van der Waals surface area (Å²) in [5.74, 6) is -0.0301. The Morgan fingerprint density at radius 2 is 1.92 bits per heavy atom. The third-order valence-electron chi connectivity index (χ3n) is 3.57. The lowest BCUT2D eigenvalue weighted by Crippen LogP contribution is -2.14. The fraction of sp³-hybridized carbons (Fsp3) is 0.176. The van der Waals surface area contributed by atoms with Crippen molar-refractivity contribution < 1.29 is 4.79 Å². The van der Waals surface area contributed by atoms with Gasteiger partial charge in [0, 0.05) is 5.69 Å². The van der Waals surface area contributed by atoms with Gasteiger partial charge in [-0.2, -0.15) is 4.68 Å². The van der Waals surface area contributed by atoms with Crippen LogP contribution < -0.4 is 5.32 Å². The minimum absolute atomic E-state index is 0.160. The number of tetrazole rings is 1. The number of aryl methyl sites for hydroxylation is 1. The number of nitrogens with one attached hydrogen (secondary N) is 1. The molecule has 0 fully saturated rings. The lowest BCUT2D eigenvalue weighted by atomic mass is 10.1. The Labute approximate surface area is 164 Å². The monoisotopic (exact) mass is 407 g/mol. The Bertz CT molecular complexity index is 914. The van der Waals surface area contributed by atoms with Gasteiger partial charge in [0.2, 0.25) is 11.1 Å². The van der Waals surface area contributed by atoms with Gasteiger partial charge in [0.25, 0.3) is 0 Å². The second kappa shape index (κ2) is 8.53. The number of thioether (sulfide) groups is 1. The van der Waals surface area contributed by atoms with Gasteiger partial charge in [-0.3, -0.25) is 4.79 Å². The minimum atomic E-state index is -0.190. The molecular formula is C17H15Cl2N5OS. The number of halogens is 2. The topological polar surface area (TPSA) is 72.7 Å². The highest BCUT2D eigenvalue weighted by atomic mass is 35.5. The number of carbonyl (C=O) groups is 1. The Balaban J connectivity index is 1.63. The molecule has 134 valence electrons. The van der Waals surface area contributed by atoms with Crippen LogP contribution in [-0.4, -0.2) is 31.9 Å². The zero-order valence-corrected chi connectivity index (χ0v) is 16.1. The number of anilines is 1. The Morgan fingerprint density at radius 1 is 1.15 bits per heavy atom. The zero-order chi connectivity index (χ0) is 18.5. The highest BCUT2D eigenvalue weighted by Crippen LogP contribution is 2.25. The van der Waals surface area contributed by atoms with Gasteiger partial charge in [-0.05, 0) is 52.7 Å². The number of benzene rings is 2. The van der Waals surface area contributed by atoms with E-state index in [1.807, 2.05) is 24.3 Å². The molecule has 1 amide bonds. The molecule has 26 heavy (non-hydrogen) atoms. The lowest BCUT2D eigenvalue weighted by molar-refractivity contribution is -0.113. The third-order valence-corrected chi connectivity index (χ3v) is 5.22. The molecule has 0 aliphatic carbocycles. The predicted octanol–water partition coefficient (Wildman–Crippen LogP) is 4.26. The molecule has 6 nitrogen and oxygen atoms in total. The maximum absolute atomic E-state index is 12.1. The normalized spacial score (nSPS) is 10.7. The Kier molecular flexibility index (Phi) is 6.13. The van der Waals surface area contributed by atoms with E-state index in [9.17, 15) is 4.79 Å². The van der Waals surface area contributed by atoms with Crippen LogP contribution in [0.25, 0.3) is 5.69 Å². The first-order valence-electron chi connectivity index (χ1n) is 7.82. The molecule has 0 spiro atoms. The summed E-state index contributed by atoms with van der Waals surface area (Å²) in [5, 5.41) is 15.8. The van der Waals surface area contributed by atoms with Crippen molar-refractivity contribution in [2.75, 3.05) is 11.1 Å². The van der Waals surface area contributed by atoms with Gasteiger partial charge in [-0.15, -0.1) is 5.10 Å². The van der Waals surface area contributed by atoms with E-state index in [-0.39, 0.29) is 11.7 Å². The first-order chi connectivity index (χ1) is 12.6. The van der Waals surface area contributed by atoms with Crippen molar-refractivity contribution in [3.8, 4) is 5.69 Å². The summed E-state index contributed by atoms with van der Waals surface area (Å²) in [4.78, 5) is 12.1. The van der Waals surface area contributed by atoms with Crippen LogP contribution in [0.3, 0.4) is 0 Å². The summed E-state index contributed by atoms with van der Waals surface area (Å²) >= 11 is 13.1. The first kappa shape index (κ1) is 18.7. The zero-order valence-electron chi connectivity index (χ0n) is 13.8. The fourth-order valence-electron chi connectivity index (χ4n) is 2.20. The van der Waals surface area contributed by atoms with E-state index in [2.05, 4.69) is 27.8 Å². The molecule has 0 aliphatic heterocycles. The van der Waals surface area contributed by atoms with Crippen molar-refractivity contribution in [3.05, 3.63) is 58.1 Å². The molecule has 0 saturated carbocycles. The number of carbonyl (C=O) groups excluding carboxylic acids is 1. The van der Waals surface area contributed by atoms with E-state index in [1.54, 1.807) is 22.9 Å². The van der Waals surface area contributed by atoms with Gasteiger partial charge in [0.15, 0.2) is 0 Å². The van der Waals surface area contributed by atoms with Crippen LogP contribution in [0.15, 0.2) is 47.6 Å². The maximum atomic E-state index is 12.1. The van der Waals surface area contributed by atoms with Crippen LogP contribution in [-0.2, 0) is 11.2 Å². The van der Waals surface area contributed by atoms with Crippen molar-refractivity contribution in [3.63, 3.8) is 0 Å². The molecule has 3 rings (SSSR count). The summed E-state index contributed by atoms with van der Waals surface area (Å²) in [5.41, 5.74) is 2.66. The average Bonchev–Trinajstić information content (AvgIpc) is 3.12. The van der Waals surface area contributed by atoms with Crippen LogP contribution in [0.2, 0.25) is 10.0 Å². The highest BCUT2D eigenvalue weighted by molar-refractivity contribution is 7.99. The summed E-state index contributed by atoms with van der Waals surface area (Å²) in [6, 6.07) is 12.9. The third kappa shape index (κ3) is 4.55. The van der Waals surface area contributed by atoms with Crippen LogP contribution in [0.4, 0.5) is 5.69 Å². The van der Waals surface area contributed by atoms with E-state index >= 15 is 0 Å². The second-order valence-electron chi connectivity index (χ2n) is 5.36. The van der Waals surface area contributed by atoms with E-state index in [0.29, 0.717) is 20.9 Å². The second-order valence-corrected chi connectivity index (χ2v) is 7.12. The fourth-order valence-corrected chi connectivity index (χ4v) is 3.19. The number of amides is 1. The SMILES string of the molecule is CCc1ccc(-n2nnnc2SCC(=O)Nc2ccc(Cl)c(Cl)c2)cc1. The largest absolute Gasteiger partial charge is 0.325 e. The van der Waals surface area contributed by atoms with Crippen LogP contribution in [0.1, 0.15) is 12.5 Å². The lowest BCUT2D eigenvalue weighted by Gasteiger charge is -2.07. The van der Waals surface area contributed by atoms with Gasteiger partial charge in [-0.25, -0.2) is 0 Å². The van der Waals surface area contributed by atoms with Gasteiger partial charge in [-0.1, -0.05) is 54.0 Å². The highest BCUT2D eigenvalue weighted by Gasteiger charge is 2.12. The number of hydrogen-bond donors (Lipinski definition) is 1. The molecule has 1 aromatic heterocycles.